The van der Waals surface area contributed by atoms with E-state index >= 15 is 0 Å². The number of carbonyl (C=O) groups is 1. The highest BCUT2D eigenvalue weighted by molar-refractivity contribution is 5.77. The van der Waals surface area contributed by atoms with Gasteiger partial charge in [-0.05, 0) is 30.3 Å². The summed E-state index contributed by atoms with van der Waals surface area (Å²) in [5, 5.41) is 0. The number of hydrogen-bond acceptors (Lipinski definition) is 3. The highest BCUT2D eigenvalue weighted by Gasteiger charge is 2.26. The summed E-state index contributed by atoms with van der Waals surface area (Å²) in [6.07, 6.45) is 0. The lowest BCUT2D eigenvalue weighted by molar-refractivity contribution is -0.918. The Hall–Kier alpha value is -2.64. The maximum absolute atomic E-state index is 13.0. The molecule has 2 N–H and O–H groups in total. The normalized spacial score (nSPS) is 17.4. The Kier molecular flexibility index (Phi) is 5.97. The fraction of sp³-hybridized carbons (Fsp3) is 0.409. The van der Waals surface area contributed by atoms with Crippen molar-refractivity contribution in [2.45, 2.75) is 13.1 Å². The summed E-state index contributed by atoms with van der Waals surface area (Å²) in [6, 6.07) is 12.6. The van der Waals surface area contributed by atoms with Gasteiger partial charge in [0, 0.05) is 11.1 Å². The maximum atomic E-state index is 13.0. The van der Waals surface area contributed by atoms with Crippen LogP contribution in [0.2, 0.25) is 0 Å². The van der Waals surface area contributed by atoms with Crippen LogP contribution in [-0.4, -0.2) is 57.4 Å². The fourth-order valence-electron chi connectivity index (χ4n) is 3.97. The summed E-state index contributed by atoms with van der Waals surface area (Å²) in [6.45, 7) is 5.83. The van der Waals surface area contributed by atoms with Gasteiger partial charge < -0.3 is 24.2 Å². The number of hydrogen-bond donors (Lipinski definition) is 2. The molecule has 7 heteroatoms. The minimum Gasteiger partial charge on any atom is -0.454 e. The van der Waals surface area contributed by atoms with E-state index in [0.29, 0.717) is 19.9 Å². The predicted molar refractivity (Wildman–Crippen MR) is 105 cm³/mol. The number of nitrogens with one attached hydrogen (secondary N) is 2. The lowest BCUT2D eigenvalue weighted by atomic mass is 10.1. The molecule has 0 radical (unpaired) electrons. The standard InChI is InChI=1S/C22H26FN3O3/c1-24(13-17-2-5-19(23)6-3-17)15-22(27)26-10-8-25(9-11-26)14-18-4-7-20-21(12-18)29-16-28-20/h2-7,12H,8-11,13-16H2,1H3/p+2. The summed E-state index contributed by atoms with van der Waals surface area (Å²) in [4.78, 5) is 17.2. The third-order valence-corrected chi connectivity index (χ3v) is 5.59. The van der Waals surface area contributed by atoms with Crippen molar-refractivity contribution in [1.29, 1.82) is 0 Å². The van der Waals surface area contributed by atoms with Gasteiger partial charge in [-0.3, -0.25) is 4.79 Å². The van der Waals surface area contributed by atoms with E-state index < -0.39 is 0 Å². The molecule has 1 atom stereocenters. The summed E-state index contributed by atoms with van der Waals surface area (Å²) in [5.41, 5.74) is 2.27. The second-order valence-electron chi connectivity index (χ2n) is 7.93. The third-order valence-electron chi connectivity index (χ3n) is 5.59. The third kappa shape index (κ3) is 5.05. The van der Waals surface area contributed by atoms with E-state index in [-0.39, 0.29) is 11.7 Å². The van der Waals surface area contributed by atoms with Crippen molar-refractivity contribution in [3.8, 4) is 11.5 Å². The summed E-state index contributed by atoms with van der Waals surface area (Å²) < 4.78 is 23.8. The van der Waals surface area contributed by atoms with Crippen molar-refractivity contribution < 1.29 is 28.5 Å². The predicted octanol–water partition coefficient (Wildman–Crippen LogP) is -0.504. The zero-order valence-electron chi connectivity index (χ0n) is 16.7. The molecule has 1 amide bonds. The Bertz CT molecular complexity index is 851. The van der Waals surface area contributed by atoms with Gasteiger partial charge in [-0.15, -0.1) is 0 Å². The molecule has 4 rings (SSSR count). The largest absolute Gasteiger partial charge is 0.454 e. The van der Waals surface area contributed by atoms with Gasteiger partial charge in [-0.2, -0.15) is 0 Å². The lowest BCUT2D eigenvalue weighted by Gasteiger charge is -2.32. The van der Waals surface area contributed by atoms with Gasteiger partial charge in [-0.1, -0.05) is 12.1 Å². The summed E-state index contributed by atoms with van der Waals surface area (Å²) in [5.74, 6) is 1.59. The van der Waals surface area contributed by atoms with Crippen LogP contribution < -0.4 is 19.3 Å². The number of amides is 1. The van der Waals surface area contributed by atoms with Crippen molar-refractivity contribution in [1.82, 2.24) is 4.90 Å². The van der Waals surface area contributed by atoms with Crippen LogP contribution in [0.25, 0.3) is 0 Å². The molecule has 2 heterocycles. The molecule has 0 bridgehead atoms. The minimum absolute atomic E-state index is 0.187. The van der Waals surface area contributed by atoms with Gasteiger partial charge >= 0.3 is 0 Å². The Labute approximate surface area is 170 Å². The highest BCUT2D eigenvalue weighted by Crippen LogP contribution is 2.32. The van der Waals surface area contributed by atoms with Crippen LogP contribution in [0.3, 0.4) is 0 Å². The first kappa shape index (κ1) is 19.7. The Morgan fingerprint density at radius 1 is 1.07 bits per heavy atom. The number of likely N-dealkylation sites (N-methyl/N-ethyl adjacent to an activating group) is 1. The molecule has 1 unspecified atom stereocenters. The van der Waals surface area contributed by atoms with Crippen LogP contribution in [0.4, 0.5) is 4.39 Å². The molecule has 154 valence electrons. The molecule has 2 aliphatic heterocycles. The number of halogens is 1. The summed E-state index contributed by atoms with van der Waals surface area (Å²) in [7, 11) is 2.00. The van der Waals surface area contributed by atoms with Gasteiger partial charge in [0.1, 0.15) is 18.9 Å². The molecule has 0 aliphatic carbocycles. The molecule has 2 aromatic carbocycles. The first-order valence-corrected chi connectivity index (χ1v) is 10.1. The maximum Gasteiger partial charge on any atom is 0.278 e. The molecule has 2 aromatic rings. The Morgan fingerprint density at radius 2 is 1.76 bits per heavy atom. The molecular weight excluding hydrogens is 373 g/mol. The zero-order valence-corrected chi connectivity index (χ0v) is 16.7. The van der Waals surface area contributed by atoms with Gasteiger partial charge in [-0.25, -0.2) is 4.39 Å². The number of carbonyl (C=O) groups excluding carboxylic acids is 1. The SMILES string of the molecule is C[NH+](CC(=O)N1CC[NH+](Cc2ccc3c(c2)OCO3)CC1)Cc1ccc(F)cc1. The van der Waals surface area contributed by atoms with E-state index in [4.69, 9.17) is 9.47 Å². The number of nitrogens with zero attached hydrogens (tertiary/aromatic N) is 1. The van der Waals surface area contributed by atoms with Crippen molar-refractivity contribution in [2.75, 3.05) is 46.6 Å². The quantitative estimate of drug-likeness (QED) is 0.686. The van der Waals surface area contributed by atoms with Crippen LogP contribution in [0.5, 0.6) is 11.5 Å². The van der Waals surface area contributed by atoms with Crippen molar-refractivity contribution in [3.63, 3.8) is 0 Å². The van der Waals surface area contributed by atoms with E-state index in [0.717, 1.165) is 54.7 Å². The molecule has 6 nitrogen and oxygen atoms in total. The number of benzene rings is 2. The topological polar surface area (TPSA) is 47.7 Å². The molecule has 1 saturated heterocycles. The smallest absolute Gasteiger partial charge is 0.278 e. The monoisotopic (exact) mass is 401 g/mol. The van der Waals surface area contributed by atoms with Crippen LogP contribution in [-0.2, 0) is 17.9 Å². The second-order valence-corrected chi connectivity index (χ2v) is 7.93. The molecule has 2 aliphatic rings. The molecule has 1 fully saturated rings. The number of quaternary nitrogens is 2. The average molecular weight is 401 g/mol. The molecule has 0 spiro atoms. The van der Waals surface area contributed by atoms with E-state index in [2.05, 4.69) is 12.1 Å². The lowest BCUT2D eigenvalue weighted by Crippen LogP contribution is -3.14. The number of ether oxygens (including phenoxy) is 2. The number of piperazine rings is 1. The first-order valence-electron chi connectivity index (χ1n) is 10.1. The average Bonchev–Trinajstić information content (AvgIpc) is 3.18. The molecule has 29 heavy (non-hydrogen) atoms. The van der Waals surface area contributed by atoms with Gasteiger partial charge in [0.15, 0.2) is 18.0 Å². The zero-order chi connectivity index (χ0) is 20.2. The first-order chi connectivity index (χ1) is 14.1. The Morgan fingerprint density at radius 3 is 2.52 bits per heavy atom. The fourth-order valence-corrected chi connectivity index (χ4v) is 3.97. The van der Waals surface area contributed by atoms with E-state index in [1.165, 1.54) is 22.6 Å². The van der Waals surface area contributed by atoms with Gasteiger partial charge in [0.2, 0.25) is 6.79 Å². The number of fused-ring (bicyclic) bond motifs is 1. The van der Waals surface area contributed by atoms with Crippen molar-refractivity contribution >= 4 is 5.91 Å². The van der Waals surface area contributed by atoms with E-state index in [9.17, 15) is 9.18 Å². The molecule has 0 aromatic heterocycles. The van der Waals surface area contributed by atoms with Gasteiger partial charge in [0.25, 0.3) is 5.91 Å². The summed E-state index contributed by atoms with van der Waals surface area (Å²) >= 11 is 0. The molecular formula is C22H28FN3O3+2. The molecule has 0 saturated carbocycles. The highest BCUT2D eigenvalue weighted by atomic mass is 19.1. The van der Waals surface area contributed by atoms with Crippen LogP contribution in [0.15, 0.2) is 42.5 Å². The van der Waals surface area contributed by atoms with E-state index in [1.807, 2.05) is 18.0 Å². The van der Waals surface area contributed by atoms with Crippen molar-refractivity contribution in [3.05, 3.63) is 59.4 Å². The van der Waals surface area contributed by atoms with Crippen LogP contribution in [0.1, 0.15) is 11.1 Å². The Balaban J connectivity index is 1.22. The van der Waals surface area contributed by atoms with Crippen LogP contribution >= 0.6 is 0 Å². The van der Waals surface area contributed by atoms with Crippen molar-refractivity contribution in [2.24, 2.45) is 0 Å². The van der Waals surface area contributed by atoms with E-state index in [1.54, 1.807) is 12.1 Å². The van der Waals surface area contributed by atoms with Gasteiger partial charge in [0.05, 0.1) is 33.2 Å². The van der Waals surface area contributed by atoms with Crippen LogP contribution in [0, 0.1) is 5.82 Å². The second kappa shape index (κ2) is 8.80. The minimum atomic E-state index is -0.233. The number of rotatable bonds is 6.